The lowest BCUT2D eigenvalue weighted by Gasteiger charge is -2.31. The fraction of sp³-hybridized carbons (Fsp3) is 0.447. The molecule has 26 heteroatoms. The summed E-state index contributed by atoms with van der Waals surface area (Å²) in [5.74, 6) is -9.10. The maximum Gasteiger partial charge on any atom is 0.354 e. The molecular weight excluding hydrogens is 1000 g/mol. The smallest absolute Gasteiger partial charge is 0.354 e. The summed E-state index contributed by atoms with van der Waals surface area (Å²) >= 11 is 0. The molecular formula is C47H50N6O18S2. The molecule has 73 heavy (non-hydrogen) atoms. The lowest BCUT2D eigenvalue weighted by molar-refractivity contribution is -0.126. The third kappa shape index (κ3) is 10.5. The van der Waals surface area contributed by atoms with E-state index in [-0.39, 0.29) is 113 Å². The van der Waals surface area contributed by atoms with Crippen LogP contribution in [0, 0.1) is 0 Å². The molecule has 2 spiro atoms. The second-order valence-corrected chi connectivity index (χ2v) is 19.3. The Morgan fingerprint density at radius 2 is 0.986 bits per heavy atom. The molecule has 24 nitrogen and oxygen atoms in total. The number of hydrogen-bond acceptors (Lipinski definition) is 21. The number of H-pyrrole nitrogens is 2. The molecule has 0 unspecified atom stereocenters. The van der Waals surface area contributed by atoms with Gasteiger partial charge in [0.2, 0.25) is 11.6 Å². The number of ether oxygens (including phenoxy) is 7. The van der Waals surface area contributed by atoms with E-state index in [1.54, 1.807) is 21.6 Å². The number of methoxy groups -OCH3 is 3. The summed E-state index contributed by atoms with van der Waals surface area (Å²) in [6.07, 6.45) is 6.84. The number of nitrogens with zero attached hydrogens (tertiary/aromatic N) is 2. The van der Waals surface area contributed by atoms with Crippen molar-refractivity contribution in [2.45, 2.75) is 62.9 Å². The Labute approximate surface area is 423 Å². The summed E-state index contributed by atoms with van der Waals surface area (Å²) in [5, 5.41) is 10.1. The first-order valence-electron chi connectivity index (χ1n) is 23.1. The second kappa shape index (κ2) is 23.1. The van der Waals surface area contributed by atoms with E-state index in [0.717, 1.165) is 63.2 Å². The zero-order valence-corrected chi connectivity index (χ0v) is 41.4. The van der Waals surface area contributed by atoms with Crippen LogP contribution in [0.4, 0.5) is 0 Å². The highest BCUT2D eigenvalue weighted by Crippen LogP contribution is 2.49. The highest BCUT2D eigenvalue weighted by Gasteiger charge is 2.56. The number of aromatic nitrogens is 4. The summed E-state index contributed by atoms with van der Waals surface area (Å²) in [4.78, 5) is 129. The predicted molar refractivity (Wildman–Crippen MR) is 254 cm³/mol. The minimum atomic E-state index is -1.99. The van der Waals surface area contributed by atoms with Crippen LogP contribution in [0.1, 0.15) is 146 Å². The van der Waals surface area contributed by atoms with E-state index in [9.17, 15) is 43.5 Å². The first-order chi connectivity index (χ1) is 35.3. The molecule has 0 aromatic carbocycles. The average Bonchev–Trinajstić information content (AvgIpc) is 4.26. The van der Waals surface area contributed by atoms with Crippen molar-refractivity contribution in [1.82, 2.24) is 30.9 Å². The molecule has 4 aromatic rings. The third-order valence-corrected chi connectivity index (χ3v) is 14.6. The number of hydrogen-bond donors (Lipinski definition) is 5. The number of nitrogens with one attached hydrogen (secondary N) is 4. The molecule has 388 valence electrons. The molecule has 2 amide bonds. The van der Waals surface area contributed by atoms with Crippen molar-refractivity contribution in [3.8, 4) is 22.5 Å². The average molecular weight is 1050 g/mol. The van der Waals surface area contributed by atoms with Gasteiger partial charge in [0.15, 0.2) is 0 Å². The molecule has 2 aliphatic heterocycles. The molecule has 6 heterocycles. The molecule has 4 aromatic heterocycles. The van der Waals surface area contributed by atoms with Crippen molar-refractivity contribution >= 4 is 68.8 Å². The number of fused-ring (bicyclic) bond motifs is 8. The van der Waals surface area contributed by atoms with Gasteiger partial charge in [0.1, 0.15) is 34.2 Å². The maximum absolute atomic E-state index is 14.0. The number of carboxylic acid groups (broad SMARTS) is 1. The number of pyridine rings is 2. The van der Waals surface area contributed by atoms with Gasteiger partial charge in [-0.15, -0.1) is 0 Å². The largest absolute Gasteiger partial charge is 0.478 e. The Morgan fingerprint density at radius 1 is 0.589 bits per heavy atom. The number of ketones is 2. The van der Waals surface area contributed by atoms with Gasteiger partial charge in [-0.25, -0.2) is 40.1 Å². The number of hydroxylamine groups is 2. The van der Waals surface area contributed by atoms with Crippen LogP contribution in [0.2, 0.25) is 0 Å². The molecule has 8 rings (SSSR count). The van der Waals surface area contributed by atoms with Crippen LogP contribution < -0.4 is 11.0 Å². The number of aromatic carboxylic acids is 1. The monoisotopic (exact) mass is 1050 g/mol. The molecule has 0 atom stereocenters. The highest BCUT2D eigenvalue weighted by atomic mass is 33.1. The first-order valence-corrected chi connectivity index (χ1v) is 25.6. The van der Waals surface area contributed by atoms with E-state index in [0.29, 0.717) is 12.8 Å². The number of carbonyl (C=O) groups excluding carboxylic acids is 7. The quantitative estimate of drug-likeness (QED) is 0.0218. The minimum Gasteiger partial charge on any atom is -0.478 e. The van der Waals surface area contributed by atoms with E-state index in [1.165, 1.54) is 32.4 Å². The summed E-state index contributed by atoms with van der Waals surface area (Å²) in [7, 11) is 7.08. The van der Waals surface area contributed by atoms with E-state index in [2.05, 4.69) is 30.9 Å². The predicted octanol–water partition coefficient (Wildman–Crippen LogP) is 4.84. The van der Waals surface area contributed by atoms with E-state index in [1.807, 2.05) is 0 Å². The maximum atomic E-state index is 14.0. The number of esters is 3. The van der Waals surface area contributed by atoms with Crippen molar-refractivity contribution in [1.29, 1.82) is 0 Å². The molecule has 0 bridgehead atoms. The van der Waals surface area contributed by atoms with Gasteiger partial charge >= 0.3 is 23.9 Å². The summed E-state index contributed by atoms with van der Waals surface area (Å²) in [6.45, 7) is 0.600. The van der Waals surface area contributed by atoms with Crippen LogP contribution in [0.3, 0.4) is 0 Å². The molecule has 2 saturated heterocycles. The summed E-state index contributed by atoms with van der Waals surface area (Å²) < 4.78 is 37.6. The van der Waals surface area contributed by atoms with Gasteiger partial charge in [-0.05, 0) is 49.9 Å². The van der Waals surface area contributed by atoms with Crippen LogP contribution in [0.25, 0.3) is 22.5 Å². The molecule has 0 radical (unpaired) electrons. The van der Waals surface area contributed by atoms with Crippen LogP contribution in [-0.2, 0) is 54.4 Å². The normalized spacial score (nSPS) is 15.6. The lowest BCUT2D eigenvalue weighted by Crippen LogP contribution is -2.41. The SMILES string of the molecule is COC(=O)c1cc2c([nH]1)-c1c(C(=O)O)cc(C(=O)NOCCCCCCSSCCCCCCONC(=O)c3cc(C(=O)OC)c4c(n3)C(=O)C3(OCCO3)c3cc(C(=O)OC)[nH]c3-4)nc1C(=O)C21OCCO1. The topological polar surface area (TPSA) is 321 Å². The van der Waals surface area contributed by atoms with Crippen LogP contribution in [0.15, 0.2) is 24.3 Å². The van der Waals surface area contributed by atoms with Gasteiger partial charge in [-0.1, -0.05) is 47.3 Å². The highest BCUT2D eigenvalue weighted by molar-refractivity contribution is 8.76. The van der Waals surface area contributed by atoms with Crippen molar-refractivity contribution in [3.63, 3.8) is 0 Å². The second-order valence-electron chi connectivity index (χ2n) is 16.6. The number of unbranched alkanes of at least 4 members (excludes halogenated alkanes) is 6. The lowest BCUT2D eigenvalue weighted by atomic mass is 9.85. The number of carbonyl (C=O) groups is 8. The van der Waals surface area contributed by atoms with E-state index >= 15 is 0 Å². The minimum absolute atomic E-state index is 0.0132. The van der Waals surface area contributed by atoms with Crippen molar-refractivity contribution in [2.24, 2.45) is 0 Å². The Morgan fingerprint density at radius 3 is 1.40 bits per heavy atom. The Balaban J connectivity index is 0.701. The van der Waals surface area contributed by atoms with Gasteiger partial charge in [-0.3, -0.25) is 28.9 Å². The fourth-order valence-corrected chi connectivity index (χ4v) is 10.9. The summed E-state index contributed by atoms with van der Waals surface area (Å²) in [5.41, 5.74) is 2.94. The van der Waals surface area contributed by atoms with E-state index < -0.39 is 64.4 Å². The van der Waals surface area contributed by atoms with Crippen molar-refractivity contribution in [3.05, 3.63) is 80.7 Å². The Kier molecular flexibility index (Phi) is 16.7. The van der Waals surface area contributed by atoms with Crippen molar-refractivity contribution in [2.75, 3.05) is 72.5 Å². The molecule has 4 aliphatic rings. The molecule has 5 N–H and O–H groups in total. The van der Waals surface area contributed by atoms with Crippen LogP contribution in [-0.4, -0.2) is 145 Å². The number of aromatic amines is 2. The number of rotatable bonds is 23. The first kappa shape index (κ1) is 52.8. The number of amides is 2. The molecule has 0 saturated carbocycles. The van der Waals surface area contributed by atoms with Crippen LogP contribution in [0.5, 0.6) is 0 Å². The molecule has 2 aliphatic carbocycles. The van der Waals surface area contributed by atoms with Gasteiger partial charge in [0.05, 0.1) is 83.5 Å². The summed E-state index contributed by atoms with van der Waals surface area (Å²) in [6, 6.07) is 4.87. The number of carboxylic acids is 1. The van der Waals surface area contributed by atoms with Crippen LogP contribution >= 0.6 is 21.6 Å². The standard InChI is InChI=1S/C47H50N6O18S2/c1-63-43(60)25-21-29(49-37-33(25)35-27(23-31(51-35)45(62)65-3)47(39(37)55)68-16-17-69-47)41(57)53-71-13-9-5-7-11-19-73-72-18-10-6-4-8-12-70-52-40(56)28-20-24(42(58)59)32-34-26(22-30(50-34)44(61)64-2)46(66-14-15-67-46)38(54)36(32)48-28/h20-23,50-51H,4-19H2,1-3H3,(H,52,56)(H,53,57)(H,58,59). The number of Topliss-reactive ketones (excluding diaryl/α,β-unsaturated/α-hetero) is 2. The zero-order chi connectivity index (χ0) is 51.9. The van der Waals surface area contributed by atoms with E-state index in [4.69, 9.17) is 42.8 Å². The van der Waals surface area contributed by atoms with Gasteiger partial charge in [-0.2, -0.15) is 0 Å². The van der Waals surface area contributed by atoms with Gasteiger partial charge < -0.3 is 48.2 Å². The third-order valence-electron chi connectivity index (χ3n) is 12.1. The van der Waals surface area contributed by atoms with Gasteiger partial charge in [0, 0.05) is 33.8 Å². The Bertz CT molecular complexity index is 2830. The zero-order valence-electron chi connectivity index (χ0n) is 39.7. The fourth-order valence-electron chi connectivity index (χ4n) is 8.65. The van der Waals surface area contributed by atoms with Crippen molar-refractivity contribution < 1.29 is 86.3 Å². The Hall–Kier alpha value is -6.52. The molecule has 2 fully saturated rings. The van der Waals surface area contributed by atoms with Gasteiger partial charge in [0.25, 0.3) is 23.4 Å².